The summed E-state index contributed by atoms with van der Waals surface area (Å²) in [6, 6.07) is 3.86. The Bertz CT molecular complexity index is 538. The van der Waals surface area contributed by atoms with E-state index < -0.39 is 25.3 Å². The van der Waals surface area contributed by atoms with Gasteiger partial charge < -0.3 is 0 Å². The van der Waals surface area contributed by atoms with Crippen LogP contribution in [0.3, 0.4) is 0 Å². The fourth-order valence-corrected chi connectivity index (χ4v) is 2.44. The number of nitrogens with zero attached hydrogens (tertiary/aromatic N) is 1. The standard InChI is InChI=1S/C8H4BrClFNO2S/c9-3-5-1-2-7(15(10,13)14)6(4-12)8(5)11/h1-2H,3H2. The Hall–Kier alpha value is -0.640. The van der Waals surface area contributed by atoms with Crippen LogP contribution in [-0.2, 0) is 14.4 Å². The number of rotatable bonds is 2. The normalized spacial score (nSPS) is 11.1. The molecule has 0 fully saturated rings. The molecule has 7 heteroatoms. The highest BCUT2D eigenvalue weighted by molar-refractivity contribution is 9.08. The van der Waals surface area contributed by atoms with Crippen molar-refractivity contribution in [1.82, 2.24) is 0 Å². The predicted octanol–water partition coefficient (Wildman–Crippen LogP) is 2.52. The van der Waals surface area contributed by atoms with Gasteiger partial charge in [0.1, 0.15) is 22.3 Å². The van der Waals surface area contributed by atoms with E-state index in [4.69, 9.17) is 15.9 Å². The molecule has 0 N–H and O–H groups in total. The summed E-state index contributed by atoms with van der Waals surface area (Å²) >= 11 is 3.01. The minimum atomic E-state index is -4.10. The van der Waals surface area contributed by atoms with E-state index >= 15 is 0 Å². The van der Waals surface area contributed by atoms with E-state index in [9.17, 15) is 12.8 Å². The third kappa shape index (κ3) is 2.48. The molecule has 0 unspecified atom stereocenters. The average Bonchev–Trinajstić information content (AvgIpc) is 2.15. The van der Waals surface area contributed by atoms with Gasteiger partial charge in [0.05, 0.1) is 0 Å². The maximum atomic E-state index is 13.5. The van der Waals surface area contributed by atoms with Gasteiger partial charge in [-0.15, -0.1) is 0 Å². The van der Waals surface area contributed by atoms with Gasteiger partial charge in [0, 0.05) is 16.0 Å². The fraction of sp³-hybridized carbons (Fsp3) is 0.125. The summed E-state index contributed by atoms with van der Waals surface area (Å²) in [7, 11) is 0.954. The van der Waals surface area contributed by atoms with Gasteiger partial charge in [-0.3, -0.25) is 0 Å². The molecule has 0 bridgehead atoms. The predicted molar refractivity (Wildman–Crippen MR) is 56.8 cm³/mol. The maximum absolute atomic E-state index is 13.5. The van der Waals surface area contributed by atoms with Crippen LogP contribution >= 0.6 is 26.6 Å². The highest BCUT2D eigenvalue weighted by Gasteiger charge is 2.20. The summed E-state index contributed by atoms with van der Waals surface area (Å²) in [5.41, 5.74) is -0.349. The monoisotopic (exact) mass is 311 g/mol. The molecule has 0 aliphatic carbocycles. The molecule has 1 rings (SSSR count). The number of halogens is 3. The lowest BCUT2D eigenvalue weighted by atomic mass is 10.1. The molecule has 0 aliphatic heterocycles. The Balaban J connectivity index is 3.61. The summed E-state index contributed by atoms with van der Waals surface area (Å²) in [5, 5.41) is 8.84. The first-order chi connectivity index (χ1) is 6.91. The molecule has 0 atom stereocenters. The molecule has 0 amide bonds. The minimum Gasteiger partial charge on any atom is -0.207 e. The molecule has 3 nitrogen and oxygen atoms in total. The SMILES string of the molecule is N#Cc1c(S(=O)(=O)Cl)ccc(CBr)c1F. The van der Waals surface area contributed by atoms with Crippen molar-refractivity contribution in [2.45, 2.75) is 10.2 Å². The van der Waals surface area contributed by atoms with Crippen LogP contribution in [0.15, 0.2) is 17.0 Å². The lowest BCUT2D eigenvalue weighted by molar-refractivity contribution is 0.596. The second-order valence-electron chi connectivity index (χ2n) is 2.60. The van der Waals surface area contributed by atoms with Gasteiger partial charge in [-0.05, 0) is 11.6 Å². The molecule has 0 saturated carbocycles. The zero-order valence-electron chi connectivity index (χ0n) is 7.17. The van der Waals surface area contributed by atoms with E-state index in [1.807, 2.05) is 0 Å². The molecule has 15 heavy (non-hydrogen) atoms. The molecular formula is C8H4BrClFNO2S. The number of nitriles is 1. The van der Waals surface area contributed by atoms with Gasteiger partial charge in [-0.2, -0.15) is 5.26 Å². The first-order valence-electron chi connectivity index (χ1n) is 3.64. The van der Waals surface area contributed by atoms with Gasteiger partial charge in [-0.1, -0.05) is 22.0 Å². The van der Waals surface area contributed by atoms with Crippen molar-refractivity contribution in [3.05, 3.63) is 29.1 Å². The highest BCUT2D eigenvalue weighted by atomic mass is 79.9. The minimum absolute atomic E-state index is 0.191. The van der Waals surface area contributed by atoms with Crippen molar-refractivity contribution in [2.75, 3.05) is 0 Å². The summed E-state index contributed by atoms with van der Waals surface area (Å²) < 4.78 is 35.5. The van der Waals surface area contributed by atoms with Crippen LogP contribution in [0.2, 0.25) is 0 Å². The lowest BCUT2D eigenvalue weighted by Crippen LogP contribution is -2.00. The van der Waals surface area contributed by atoms with Crippen LogP contribution in [0.5, 0.6) is 0 Å². The summed E-state index contributed by atoms with van der Waals surface area (Å²) in [4.78, 5) is -0.506. The first-order valence-corrected chi connectivity index (χ1v) is 7.07. The average molecular weight is 313 g/mol. The van der Waals surface area contributed by atoms with Crippen molar-refractivity contribution in [1.29, 1.82) is 5.26 Å². The van der Waals surface area contributed by atoms with E-state index in [2.05, 4.69) is 15.9 Å². The van der Waals surface area contributed by atoms with Crippen LogP contribution in [0.1, 0.15) is 11.1 Å². The molecule has 0 radical (unpaired) electrons. The van der Waals surface area contributed by atoms with Crippen molar-refractivity contribution in [3.63, 3.8) is 0 Å². The molecule has 0 saturated heterocycles. The van der Waals surface area contributed by atoms with E-state index in [-0.39, 0.29) is 10.9 Å². The number of hydrogen-bond acceptors (Lipinski definition) is 3. The Morgan fingerprint density at radius 2 is 2.13 bits per heavy atom. The van der Waals surface area contributed by atoms with Crippen LogP contribution in [0.25, 0.3) is 0 Å². The second-order valence-corrected chi connectivity index (χ2v) is 5.69. The molecule has 0 spiro atoms. The second kappa shape index (κ2) is 4.47. The third-order valence-corrected chi connectivity index (χ3v) is 3.67. The summed E-state index contributed by atoms with van der Waals surface area (Å²) in [5.74, 6) is -0.865. The molecule has 80 valence electrons. The van der Waals surface area contributed by atoms with Crippen LogP contribution in [0.4, 0.5) is 4.39 Å². The lowest BCUT2D eigenvalue weighted by Gasteiger charge is -2.04. The van der Waals surface area contributed by atoms with E-state index in [1.165, 1.54) is 12.1 Å². The topological polar surface area (TPSA) is 57.9 Å². The van der Waals surface area contributed by atoms with Gasteiger partial charge in [0.15, 0.2) is 0 Å². The van der Waals surface area contributed by atoms with Gasteiger partial charge in [0.2, 0.25) is 0 Å². The number of benzene rings is 1. The first kappa shape index (κ1) is 12.4. The zero-order valence-corrected chi connectivity index (χ0v) is 10.3. The molecule has 1 aromatic rings. The van der Waals surface area contributed by atoms with Crippen LogP contribution < -0.4 is 0 Å². The molecule has 0 heterocycles. The number of alkyl halides is 1. The molecular weight excluding hydrogens is 309 g/mol. The van der Waals surface area contributed by atoms with Crippen molar-refractivity contribution in [3.8, 4) is 6.07 Å². The Morgan fingerprint density at radius 1 is 1.53 bits per heavy atom. The van der Waals surface area contributed by atoms with E-state index in [1.54, 1.807) is 0 Å². The van der Waals surface area contributed by atoms with Crippen molar-refractivity contribution < 1.29 is 12.8 Å². The van der Waals surface area contributed by atoms with Gasteiger partial charge >= 0.3 is 0 Å². The van der Waals surface area contributed by atoms with Gasteiger partial charge in [-0.25, -0.2) is 12.8 Å². The van der Waals surface area contributed by atoms with Gasteiger partial charge in [0.25, 0.3) is 9.05 Å². The fourth-order valence-electron chi connectivity index (χ4n) is 1.01. The molecule has 0 aromatic heterocycles. The Morgan fingerprint density at radius 3 is 2.53 bits per heavy atom. The third-order valence-electron chi connectivity index (χ3n) is 1.70. The van der Waals surface area contributed by atoms with E-state index in [0.29, 0.717) is 0 Å². The zero-order chi connectivity index (χ0) is 11.6. The van der Waals surface area contributed by atoms with Crippen molar-refractivity contribution >= 4 is 35.7 Å². The Kier molecular flexibility index (Phi) is 3.71. The van der Waals surface area contributed by atoms with Crippen molar-refractivity contribution in [2.24, 2.45) is 0 Å². The molecule has 1 aromatic carbocycles. The quantitative estimate of drug-likeness (QED) is 0.623. The van der Waals surface area contributed by atoms with Crippen LogP contribution in [-0.4, -0.2) is 8.42 Å². The maximum Gasteiger partial charge on any atom is 0.262 e. The highest BCUT2D eigenvalue weighted by Crippen LogP contribution is 2.25. The van der Waals surface area contributed by atoms with Crippen LogP contribution in [0, 0.1) is 17.1 Å². The molecule has 0 aliphatic rings. The number of hydrogen-bond donors (Lipinski definition) is 0. The Labute approximate surface area is 99.0 Å². The summed E-state index contributed by atoms with van der Waals surface area (Å²) in [6.45, 7) is 0. The largest absolute Gasteiger partial charge is 0.262 e. The summed E-state index contributed by atoms with van der Waals surface area (Å²) in [6.07, 6.45) is 0. The van der Waals surface area contributed by atoms with E-state index in [0.717, 1.165) is 6.07 Å². The smallest absolute Gasteiger partial charge is 0.207 e.